The van der Waals surface area contributed by atoms with Crippen molar-refractivity contribution in [3.63, 3.8) is 0 Å². The minimum Gasteiger partial charge on any atom is -0.355 e. The molecule has 0 aliphatic carbocycles. The molecule has 0 aliphatic rings. The third-order valence-corrected chi connectivity index (χ3v) is 2.24. The number of anilines is 2. The van der Waals surface area contributed by atoms with E-state index < -0.39 is 17.5 Å². The zero-order valence-electron chi connectivity index (χ0n) is 9.05. The number of halogens is 3. The molecule has 0 radical (unpaired) electrons. The minimum absolute atomic E-state index is 0.0917. The van der Waals surface area contributed by atoms with E-state index in [2.05, 4.69) is 5.32 Å². The van der Waals surface area contributed by atoms with Crippen molar-refractivity contribution in [3.8, 4) is 6.07 Å². The van der Waals surface area contributed by atoms with Gasteiger partial charge in [-0.2, -0.15) is 5.26 Å². The summed E-state index contributed by atoms with van der Waals surface area (Å²) in [6, 6.07) is 8.41. The van der Waals surface area contributed by atoms with Gasteiger partial charge in [0.05, 0.1) is 5.56 Å². The van der Waals surface area contributed by atoms with E-state index in [0.29, 0.717) is 5.69 Å². The van der Waals surface area contributed by atoms with E-state index >= 15 is 0 Å². The number of benzene rings is 2. The van der Waals surface area contributed by atoms with Crippen LogP contribution in [0.4, 0.5) is 24.5 Å². The average molecular weight is 248 g/mol. The van der Waals surface area contributed by atoms with Gasteiger partial charge in [-0.3, -0.25) is 0 Å². The third-order valence-electron chi connectivity index (χ3n) is 2.24. The molecule has 2 rings (SSSR count). The highest BCUT2D eigenvalue weighted by atomic mass is 19.1. The van der Waals surface area contributed by atoms with E-state index in [0.717, 1.165) is 24.3 Å². The van der Waals surface area contributed by atoms with Gasteiger partial charge < -0.3 is 5.32 Å². The summed E-state index contributed by atoms with van der Waals surface area (Å²) in [5.74, 6) is -2.15. The van der Waals surface area contributed by atoms with Crippen molar-refractivity contribution >= 4 is 11.4 Å². The number of nitriles is 1. The first-order valence-electron chi connectivity index (χ1n) is 5.01. The van der Waals surface area contributed by atoms with Gasteiger partial charge in [0.15, 0.2) is 0 Å². The molecule has 0 atom stereocenters. The number of nitrogens with one attached hydrogen (secondary N) is 1. The van der Waals surface area contributed by atoms with Crippen molar-refractivity contribution in [2.45, 2.75) is 0 Å². The molecule has 18 heavy (non-hydrogen) atoms. The molecule has 0 aliphatic heterocycles. The minimum atomic E-state index is -0.730. The summed E-state index contributed by atoms with van der Waals surface area (Å²) in [5, 5.41) is 11.2. The highest BCUT2D eigenvalue weighted by Gasteiger charge is 2.04. The molecule has 0 saturated carbocycles. The molecule has 0 amide bonds. The molecule has 90 valence electrons. The van der Waals surface area contributed by atoms with E-state index in [4.69, 9.17) is 5.26 Å². The van der Waals surface area contributed by atoms with Crippen molar-refractivity contribution in [1.82, 2.24) is 0 Å². The Morgan fingerprint density at radius 3 is 2.11 bits per heavy atom. The standard InChI is InChI=1S/C13H7F3N2/c14-9-3-10(15)5-12(4-9)18-11-2-1-8(7-17)13(16)6-11/h1-6,18H. The molecule has 0 fully saturated rings. The molecular formula is C13H7F3N2. The van der Waals surface area contributed by atoms with E-state index in [1.807, 2.05) is 0 Å². The number of hydrogen-bond acceptors (Lipinski definition) is 2. The van der Waals surface area contributed by atoms with Crippen LogP contribution in [0.2, 0.25) is 0 Å². The van der Waals surface area contributed by atoms with Gasteiger partial charge in [0, 0.05) is 17.4 Å². The summed E-state index contributed by atoms with van der Waals surface area (Å²) in [5.41, 5.74) is 0.374. The summed E-state index contributed by atoms with van der Waals surface area (Å²) in [7, 11) is 0. The molecule has 2 aromatic carbocycles. The maximum Gasteiger partial charge on any atom is 0.143 e. The lowest BCUT2D eigenvalue weighted by molar-refractivity contribution is 0.584. The van der Waals surface area contributed by atoms with Crippen molar-refractivity contribution in [2.75, 3.05) is 5.32 Å². The molecule has 0 spiro atoms. The highest BCUT2D eigenvalue weighted by molar-refractivity contribution is 5.60. The maximum absolute atomic E-state index is 13.3. The van der Waals surface area contributed by atoms with Gasteiger partial charge >= 0.3 is 0 Å². The fourth-order valence-corrected chi connectivity index (χ4v) is 1.48. The normalized spacial score (nSPS) is 9.89. The first-order valence-corrected chi connectivity index (χ1v) is 5.01. The largest absolute Gasteiger partial charge is 0.355 e. The predicted molar refractivity (Wildman–Crippen MR) is 60.8 cm³/mol. The second-order valence-corrected chi connectivity index (χ2v) is 3.59. The van der Waals surface area contributed by atoms with Gasteiger partial charge in [0.1, 0.15) is 23.5 Å². The van der Waals surface area contributed by atoms with Crippen LogP contribution in [0.5, 0.6) is 0 Å². The Labute approximate surface area is 101 Å². The first kappa shape index (κ1) is 12.0. The lowest BCUT2D eigenvalue weighted by Gasteiger charge is -2.07. The summed E-state index contributed by atoms with van der Waals surface area (Å²) in [6.45, 7) is 0. The van der Waals surface area contributed by atoms with Crippen LogP contribution in [-0.4, -0.2) is 0 Å². The molecule has 5 heteroatoms. The van der Waals surface area contributed by atoms with E-state index in [1.165, 1.54) is 12.1 Å². The van der Waals surface area contributed by atoms with Crippen LogP contribution in [0, 0.1) is 28.8 Å². The Hall–Kier alpha value is -2.48. The van der Waals surface area contributed by atoms with E-state index in [-0.39, 0.29) is 11.3 Å². The summed E-state index contributed by atoms with van der Waals surface area (Å²) >= 11 is 0. The quantitative estimate of drug-likeness (QED) is 0.879. The van der Waals surface area contributed by atoms with Gasteiger partial charge in [-0.05, 0) is 30.3 Å². The molecule has 1 N–H and O–H groups in total. The van der Waals surface area contributed by atoms with E-state index in [9.17, 15) is 13.2 Å². The number of hydrogen-bond donors (Lipinski definition) is 1. The van der Waals surface area contributed by atoms with Crippen LogP contribution in [0.25, 0.3) is 0 Å². The van der Waals surface area contributed by atoms with Crippen LogP contribution in [0.15, 0.2) is 36.4 Å². The Morgan fingerprint density at radius 2 is 1.56 bits per heavy atom. The van der Waals surface area contributed by atoms with Crippen LogP contribution in [0.1, 0.15) is 5.56 Å². The summed E-state index contributed by atoms with van der Waals surface area (Å²) < 4.78 is 39.2. The average Bonchev–Trinajstić information content (AvgIpc) is 2.27. The molecular weight excluding hydrogens is 241 g/mol. The molecule has 0 aromatic heterocycles. The summed E-state index contributed by atoms with van der Waals surface area (Å²) in [6.07, 6.45) is 0. The predicted octanol–water partition coefficient (Wildman–Crippen LogP) is 3.72. The molecule has 0 bridgehead atoms. The van der Waals surface area contributed by atoms with Gasteiger partial charge in [0.2, 0.25) is 0 Å². The van der Waals surface area contributed by atoms with E-state index in [1.54, 1.807) is 6.07 Å². The second-order valence-electron chi connectivity index (χ2n) is 3.59. The lowest BCUT2D eigenvalue weighted by Crippen LogP contribution is -1.94. The Bertz CT molecular complexity index is 612. The topological polar surface area (TPSA) is 35.8 Å². The molecule has 0 saturated heterocycles. The Kier molecular flexibility index (Phi) is 3.20. The third kappa shape index (κ3) is 2.61. The molecule has 0 heterocycles. The van der Waals surface area contributed by atoms with Gasteiger partial charge in [0.25, 0.3) is 0 Å². The lowest BCUT2D eigenvalue weighted by atomic mass is 10.2. The molecule has 2 aromatic rings. The van der Waals surface area contributed by atoms with Crippen molar-refractivity contribution in [1.29, 1.82) is 5.26 Å². The van der Waals surface area contributed by atoms with Gasteiger partial charge in [-0.1, -0.05) is 0 Å². The zero-order valence-corrected chi connectivity index (χ0v) is 9.05. The maximum atomic E-state index is 13.3. The van der Waals surface area contributed by atoms with Crippen molar-refractivity contribution in [3.05, 3.63) is 59.4 Å². The van der Waals surface area contributed by atoms with Crippen LogP contribution >= 0.6 is 0 Å². The van der Waals surface area contributed by atoms with Crippen molar-refractivity contribution in [2.24, 2.45) is 0 Å². The first-order chi connectivity index (χ1) is 8.58. The second kappa shape index (κ2) is 4.80. The van der Waals surface area contributed by atoms with Crippen LogP contribution in [0.3, 0.4) is 0 Å². The van der Waals surface area contributed by atoms with Crippen LogP contribution in [-0.2, 0) is 0 Å². The van der Waals surface area contributed by atoms with Gasteiger partial charge in [-0.25, -0.2) is 13.2 Å². The zero-order chi connectivity index (χ0) is 13.1. The highest BCUT2D eigenvalue weighted by Crippen LogP contribution is 2.20. The smallest absolute Gasteiger partial charge is 0.143 e. The van der Waals surface area contributed by atoms with Gasteiger partial charge in [-0.15, -0.1) is 0 Å². The Balaban J connectivity index is 2.29. The number of rotatable bonds is 2. The Morgan fingerprint density at radius 1 is 0.889 bits per heavy atom. The molecule has 0 unspecified atom stereocenters. The summed E-state index contributed by atoms with van der Waals surface area (Å²) in [4.78, 5) is 0. The van der Waals surface area contributed by atoms with Crippen molar-refractivity contribution < 1.29 is 13.2 Å². The number of nitrogens with zero attached hydrogens (tertiary/aromatic N) is 1. The fourth-order valence-electron chi connectivity index (χ4n) is 1.48. The van der Waals surface area contributed by atoms with Crippen LogP contribution < -0.4 is 5.32 Å². The fraction of sp³-hybridized carbons (Fsp3) is 0. The molecule has 2 nitrogen and oxygen atoms in total. The monoisotopic (exact) mass is 248 g/mol. The SMILES string of the molecule is N#Cc1ccc(Nc2cc(F)cc(F)c2)cc1F.